The number of piperazine rings is 1. The molecule has 1 unspecified atom stereocenters. The first-order chi connectivity index (χ1) is 8.34. The van der Waals surface area contributed by atoms with Gasteiger partial charge in [-0.15, -0.1) is 0 Å². The van der Waals surface area contributed by atoms with E-state index in [4.69, 9.17) is 0 Å². The van der Waals surface area contributed by atoms with E-state index in [1.54, 1.807) is 0 Å². The highest BCUT2D eigenvalue weighted by atomic mass is 16.2. The predicted octanol–water partition coefficient (Wildman–Crippen LogP) is 0.896. The molecule has 0 bridgehead atoms. The molecule has 2 aliphatic rings. The van der Waals surface area contributed by atoms with E-state index in [0.29, 0.717) is 6.04 Å². The van der Waals surface area contributed by atoms with Crippen LogP contribution >= 0.6 is 0 Å². The fraction of sp³-hybridized carbons (Fsp3) is 0.462. The van der Waals surface area contributed by atoms with Crippen molar-refractivity contribution in [1.82, 2.24) is 15.1 Å². The Kier molecular flexibility index (Phi) is 2.73. The molecule has 2 fully saturated rings. The number of benzene rings is 1. The number of nitrogens with one attached hydrogen (secondary N) is 1. The lowest BCUT2D eigenvalue weighted by Crippen LogP contribution is -2.49. The number of hydrogen-bond donors (Lipinski definition) is 1. The number of amides is 2. The predicted molar refractivity (Wildman–Crippen MR) is 65.6 cm³/mol. The van der Waals surface area contributed by atoms with Gasteiger partial charge in [-0.2, -0.15) is 0 Å². The van der Waals surface area contributed by atoms with Crippen LogP contribution in [-0.4, -0.2) is 48.1 Å². The molecule has 0 radical (unpaired) electrons. The van der Waals surface area contributed by atoms with Crippen LogP contribution in [0.25, 0.3) is 0 Å². The number of rotatable bonds is 2. The fourth-order valence-corrected chi connectivity index (χ4v) is 2.63. The number of carbonyl (C=O) groups is 1. The largest absolute Gasteiger partial charge is 0.320 e. The molecule has 4 nitrogen and oxygen atoms in total. The highest BCUT2D eigenvalue weighted by Crippen LogP contribution is 2.19. The van der Waals surface area contributed by atoms with Gasteiger partial charge >= 0.3 is 6.03 Å². The first kappa shape index (κ1) is 10.6. The van der Waals surface area contributed by atoms with Crippen molar-refractivity contribution in [3.8, 4) is 0 Å². The summed E-state index contributed by atoms with van der Waals surface area (Å²) in [5.41, 5.74) is 1.20. The monoisotopic (exact) mass is 231 g/mol. The molecule has 2 heterocycles. The van der Waals surface area contributed by atoms with Gasteiger partial charge in [0.15, 0.2) is 0 Å². The molecule has 0 saturated carbocycles. The van der Waals surface area contributed by atoms with E-state index >= 15 is 0 Å². The van der Waals surface area contributed by atoms with Gasteiger partial charge in [-0.25, -0.2) is 4.79 Å². The van der Waals surface area contributed by atoms with E-state index in [-0.39, 0.29) is 6.03 Å². The van der Waals surface area contributed by atoms with Crippen LogP contribution in [0.1, 0.15) is 5.56 Å². The molecule has 1 N–H and O–H groups in total. The van der Waals surface area contributed by atoms with Crippen molar-refractivity contribution in [2.24, 2.45) is 0 Å². The summed E-state index contributed by atoms with van der Waals surface area (Å²) < 4.78 is 0. The van der Waals surface area contributed by atoms with Crippen LogP contribution in [0.2, 0.25) is 0 Å². The summed E-state index contributed by atoms with van der Waals surface area (Å²) in [4.78, 5) is 16.1. The minimum atomic E-state index is 0.195. The Morgan fingerprint density at radius 2 is 2.12 bits per heavy atom. The molecular weight excluding hydrogens is 214 g/mol. The van der Waals surface area contributed by atoms with Crippen LogP contribution in [0, 0.1) is 0 Å². The van der Waals surface area contributed by atoms with E-state index < -0.39 is 0 Å². The van der Waals surface area contributed by atoms with Gasteiger partial charge in [-0.3, -0.25) is 0 Å². The number of urea groups is 1. The molecule has 90 valence electrons. The van der Waals surface area contributed by atoms with E-state index in [2.05, 4.69) is 17.4 Å². The highest BCUT2D eigenvalue weighted by Gasteiger charge is 2.37. The maximum atomic E-state index is 12.2. The van der Waals surface area contributed by atoms with Crippen LogP contribution in [0.4, 0.5) is 4.79 Å². The van der Waals surface area contributed by atoms with Gasteiger partial charge in [0.1, 0.15) is 0 Å². The van der Waals surface area contributed by atoms with Crippen molar-refractivity contribution >= 4 is 6.03 Å². The molecule has 1 aromatic carbocycles. The Morgan fingerprint density at radius 3 is 2.88 bits per heavy atom. The number of nitrogens with zero attached hydrogens (tertiary/aromatic N) is 2. The third kappa shape index (κ3) is 2.00. The Hall–Kier alpha value is -1.55. The van der Waals surface area contributed by atoms with Crippen LogP contribution < -0.4 is 5.32 Å². The van der Waals surface area contributed by atoms with Crippen molar-refractivity contribution in [2.45, 2.75) is 12.6 Å². The standard InChI is InChI=1S/C13H17N3O/c17-13-15(9-11-4-2-1-3-5-11)10-12-8-14-6-7-16(12)13/h1-5,12,14H,6-10H2. The van der Waals surface area contributed by atoms with Crippen molar-refractivity contribution in [2.75, 3.05) is 26.2 Å². The second-order valence-electron chi connectivity index (χ2n) is 4.70. The Morgan fingerprint density at radius 1 is 1.29 bits per heavy atom. The van der Waals surface area contributed by atoms with E-state index in [1.807, 2.05) is 28.0 Å². The first-order valence-electron chi connectivity index (χ1n) is 6.15. The molecule has 3 rings (SSSR count). The van der Waals surface area contributed by atoms with Crippen LogP contribution in [0.5, 0.6) is 0 Å². The summed E-state index contributed by atoms with van der Waals surface area (Å²) in [6, 6.07) is 10.7. The fourth-order valence-electron chi connectivity index (χ4n) is 2.63. The van der Waals surface area contributed by atoms with Crippen molar-refractivity contribution in [1.29, 1.82) is 0 Å². The normalized spacial score (nSPS) is 24.0. The molecular formula is C13H17N3O. The molecule has 4 heteroatoms. The van der Waals surface area contributed by atoms with Crippen molar-refractivity contribution < 1.29 is 4.79 Å². The van der Waals surface area contributed by atoms with Gasteiger partial charge in [-0.1, -0.05) is 30.3 Å². The van der Waals surface area contributed by atoms with Crippen LogP contribution in [-0.2, 0) is 6.54 Å². The molecule has 1 atom stereocenters. The molecule has 0 aliphatic carbocycles. The van der Waals surface area contributed by atoms with E-state index in [1.165, 1.54) is 5.56 Å². The zero-order chi connectivity index (χ0) is 11.7. The van der Waals surface area contributed by atoms with Gasteiger partial charge < -0.3 is 15.1 Å². The smallest absolute Gasteiger partial charge is 0.318 e. The highest BCUT2D eigenvalue weighted by molar-refractivity contribution is 5.77. The van der Waals surface area contributed by atoms with Gasteiger partial charge in [0.2, 0.25) is 0 Å². The Balaban J connectivity index is 1.71. The topological polar surface area (TPSA) is 35.6 Å². The summed E-state index contributed by atoms with van der Waals surface area (Å²) in [5.74, 6) is 0. The van der Waals surface area contributed by atoms with E-state index in [0.717, 1.165) is 32.7 Å². The summed E-state index contributed by atoms with van der Waals surface area (Å²) in [6.45, 7) is 4.26. The quantitative estimate of drug-likeness (QED) is 0.820. The van der Waals surface area contributed by atoms with Crippen molar-refractivity contribution in [3.05, 3.63) is 35.9 Å². The number of fused-ring (bicyclic) bond motifs is 1. The summed E-state index contributed by atoms with van der Waals surface area (Å²) in [5, 5.41) is 3.34. The van der Waals surface area contributed by atoms with Gasteiger partial charge in [-0.05, 0) is 5.56 Å². The molecule has 2 saturated heterocycles. The van der Waals surface area contributed by atoms with Gasteiger partial charge in [0.25, 0.3) is 0 Å². The maximum absolute atomic E-state index is 12.2. The SMILES string of the molecule is O=C1N(Cc2ccccc2)CC2CNCCN12. The zero-order valence-electron chi connectivity index (χ0n) is 9.80. The molecule has 2 amide bonds. The number of carbonyl (C=O) groups excluding carboxylic acids is 1. The Labute approximate surface area is 101 Å². The average Bonchev–Trinajstić information content (AvgIpc) is 2.68. The minimum absolute atomic E-state index is 0.195. The summed E-state index contributed by atoms with van der Waals surface area (Å²) >= 11 is 0. The van der Waals surface area contributed by atoms with E-state index in [9.17, 15) is 4.79 Å². The third-order valence-corrected chi connectivity index (χ3v) is 3.51. The summed E-state index contributed by atoms with van der Waals surface area (Å²) in [7, 11) is 0. The first-order valence-corrected chi connectivity index (χ1v) is 6.15. The second-order valence-corrected chi connectivity index (χ2v) is 4.70. The Bertz CT molecular complexity index is 406. The molecule has 1 aromatic rings. The lowest BCUT2D eigenvalue weighted by Gasteiger charge is -2.28. The average molecular weight is 231 g/mol. The van der Waals surface area contributed by atoms with Gasteiger partial charge in [0, 0.05) is 32.7 Å². The third-order valence-electron chi connectivity index (χ3n) is 3.51. The van der Waals surface area contributed by atoms with Crippen LogP contribution in [0.3, 0.4) is 0 Å². The molecule has 0 spiro atoms. The lowest BCUT2D eigenvalue weighted by atomic mass is 10.2. The zero-order valence-corrected chi connectivity index (χ0v) is 9.80. The molecule has 2 aliphatic heterocycles. The number of hydrogen-bond acceptors (Lipinski definition) is 2. The molecule has 17 heavy (non-hydrogen) atoms. The molecule has 0 aromatic heterocycles. The second kappa shape index (κ2) is 4.37. The van der Waals surface area contributed by atoms with Gasteiger partial charge in [0.05, 0.1) is 6.04 Å². The van der Waals surface area contributed by atoms with Crippen LogP contribution in [0.15, 0.2) is 30.3 Å². The minimum Gasteiger partial charge on any atom is -0.318 e. The maximum Gasteiger partial charge on any atom is 0.320 e. The lowest BCUT2D eigenvalue weighted by molar-refractivity contribution is 0.178. The summed E-state index contributed by atoms with van der Waals surface area (Å²) in [6.07, 6.45) is 0. The van der Waals surface area contributed by atoms with Crippen molar-refractivity contribution in [3.63, 3.8) is 0 Å².